The Morgan fingerprint density at radius 3 is 2.33 bits per heavy atom. The lowest BCUT2D eigenvalue weighted by Gasteiger charge is -2.18. The summed E-state index contributed by atoms with van der Waals surface area (Å²) in [7, 11) is 0. The molecule has 4 amide bonds. The van der Waals surface area contributed by atoms with Gasteiger partial charge in [0.2, 0.25) is 11.8 Å². The summed E-state index contributed by atoms with van der Waals surface area (Å²) in [4.78, 5) is 36.8. The first-order chi connectivity index (χ1) is 12.8. The minimum atomic E-state index is -0.681. The van der Waals surface area contributed by atoms with Crippen LogP contribution in [0, 0.1) is 18.7 Å². The van der Waals surface area contributed by atoms with E-state index in [0.29, 0.717) is 11.4 Å². The molecule has 4 N–H and O–H groups in total. The van der Waals surface area contributed by atoms with Crippen molar-refractivity contribution in [2.45, 2.75) is 13.3 Å². The van der Waals surface area contributed by atoms with Gasteiger partial charge < -0.3 is 21.3 Å². The van der Waals surface area contributed by atoms with Crippen molar-refractivity contribution in [3.63, 3.8) is 0 Å². The van der Waals surface area contributed by atoms with Gasteiger partial charge in [-0.1, -0.05) is 6.07 Å². The van der Waals surface area contributed by atoms with Gasteiger partial charge in [-0.15, -0.1) is 0 Å². The number of halogens is 1. The van der Waals surface area contributed by atoms with Gasteiger partial charge in [0.1, 0.15) is 5.82 Å². The number of benzene rings is 2. The van der Waals surface area contributed by atoms with Gasteiger partial charge in [-0.3, -0.25) is 9.59 Å². The van der Waals surface area contributed by atoms with Crippen LogP contribution >= 0.6 is 0 Å². The number of carbonyl (C=O) groups excluding carboxylic acids is 3. The average molecular weight is 370 g/mol. The molecule has 8 heteroatoms. The normalized spacial score (nSPS) is 16.3. The molecule has 0 bridgehead atoms. The molecule has 1 heterocycles. The van der Waals surface area contributed by atoms with Gasteiger partial charge in [0.15, 0.2) is 0 Å². The number of aryl methyl sites for hydroxylation is 1. The summed E-state index contributed by atoms with van der Waals surface area (Å²) in [5, 5.41) is 5.14. The van der Waals surface area contributed by atoms with E-state index in [9.17, 15) is 18.8 Å². The van der Waals surface area contributed by atoms with Gasteiger partial charge in [0, 0.05) is 24.3 Å². The molecule has 1 saturated heterocycles. The highest BCUT2D eigenvalue weighted by Crippen LogP contribution is 2.28. The van der Waals surface area contributed by atoms with Crippen molar-refractivity contribution in [3.05, 3.63) is 53.8 Å². The lowest BCUT2D eigenvalue weighted by atomic mass is 10.1. The maximum Gasteiger partial charge on any atom is 0.316 e. The number of nitrogens with two attached hydrogens (primary N) is 1. The summed E-state index contributed by atoms with van der Waals surface area (Å²) < 4.78 is 14.1. The van der Waals surface area contributed by atoms with Crippen LogP contribution in [-0.2, 0) is 9.59 Å². The van der Waals surface area contributed by atoms with Crippen LogP contribution in [0.4, 0.5) is 26.2 Å². The van der Waals surface area contributed by atoms with Gasteiger partial charge in [-0.2, -0.15) is 0 Å². The van der Waals surface area contributed by atoms with Crippen LogP contribution in [0.1, 0.15) is 12.0 Å². The first kappa shape index (κ1) is 18.4. The summed E-state index contributed by atoms with van der Waals surface area (Å²) in [5.74, 6) is -1.68. The molecule has 0 saturated carbocycles. The maximum atomic E-state index is 14.1. The van der Waals surface area contributed by atoms with Crippen LogP contribution in [0.2, 0.25) is 0 Å². The topological polar surface area (TPSA) is 105 Å². The number of primary amides is 1. The van der Waals surface area contributed by atoms with Gasteiger partial charge in [-0.05, 0) is 48.9 Å². The second-order valence-electron chi connectivity index (χ2n) is 6.42. The molecule has 1 fully saturated rings. The first-order valence-corrected chi connectivity index (χ1v) is 8.37. The number of hydrogen-bond acceptors (Lipinski definition) is 3. The van der Waals surface area contributed by atoms with E-state index in [0.717, 1.165) is 5.56 Å². The molecule has 0 radical (unpaired) electrons. The van der Waals surface area contributed by atoms with E-state index >= 15 is 0 Å². The highest BCUT2D eigenvalue weighted by atomic mass is 19.1. The number of amides is 4. The van der Waals surface area contributed by atoms with E-state index in [-0.39, 0.29) is 30.5 Å². The molecule has 2 aromatic carbocycles. The van der Waals surface area contributed by atoms with Crippen LogP contribution < -0.4 is 21.3 Å². The molecule has 7 nitrogen and oxygen atoms in total. The minimum Gasteiger partial charge on any atom is -0.351 e. The van der Waals surface area contributed by atoms with Crippen molar-refractivity contribution in [3.8, 4) is 0 Å². The predicted octanol–water partition coefficient (Wildman–Crippen LogP) is 2.62. The largest absolute Gasteiger partial charge is 0.351 e. The van der Waals surface area contributed by atoms with Crippen molar-refractivity contribution in [1.29, 1.82) is 0 Å². The first-order valence-electron chi connectivity index (χ1n) is 8.37. The Labute approximate surface area is 155 Å². The molecule has 3 rings (SSSR count). The SMILES string of the molecule is Cc1ccc(N2CC(C(=O)Nc3ccc(NC(N)=O)cc3)CC2=O)c(F)c1. The zero-order valence-corrected chi connectivity index (χ0v) is 14.7. The number of urea groups is 1. The number of nitrogens with zero attached hydrogens (tertiary/aromatic N) is 1. The zero-order chi connectivity index (χ0) is 19.6. The average Bonchev–Trinajstić information content (AvgIpc) is 2.98. The summed E-state index contributed by atoms with van der Waals surface area (Å²) >= 11 is 0. The van der Waals surface area contributed by atoms with Gasteiger partial charge >= 0.3 is 6.03 Å². The standard InChI is InChI=1S/C19H19FN4O3/c1-11-2-7-16(15(20)8-11)24-10-12(9-17(24)25)18(26)22-13-3-5-14(6-4-13)23-19(21)27/h2-8,12H,9-10H2,1H3,(H,22,26)(H3,21,23,27). The van der Waals surface area contributed by atoms with E-state index in [1.54, 1.807) is 43.3 Å². The highest BCUT2D eigenvalue weighted by molar-refractivity contribution is 6.03. The van der Waals surface area contributed by atoms with Gasteiger partial charge in [-0.25, -0.2) is 9.18 Å². The molecule has 0 aromatic heterocycles. The molecule has 140 valence electrons. The zero-order valence-electron chi connectivity index (χ0n) is 14.7. The van der Waals surface area contributed by atoms with Crippen molar-refractivity contribution < 1.29 is 18.8 Å². The van der Waals surface area contributed by atoms with Crippen LogP contribution in [0.15, 0.2) is 42.5 Å². The number of carbonyl (C=O) groups is 3. The lowest BCUT2D eigenvalue weighted by Crippen LogP contribution is -2.28. The molecule has 0 aliphatic carbocycles. The van der Waals surface area contributed by atoms with Crippen LogP contribution in [0.25, 0.3) is 0 Å². The fourth-order valence-electron chi connectivity index (χ4n) is 2.97. The summed E-state index contributed by atoms with van der Waals surface area (Å²) in [6.07, 6.45) is 0.0143. The second kappa shape index (κ2) is 7.45. The predicted molar refractivity (Wildman–Crippen MR) is 99.9 cm³/mol. The molecule has 0 spiro atoms. The van der Waals surface area contributed by atoms with Crippen LogP contribution in [-0.4, -0.2) is 24.4 Å². The molecule has 2 aromatic rings. The second-order valence-corrected chi connectivity index (χ2v) is 6.42. The van der Waals surface area contributed by atoms with E-state index in [1.165, 1.54) is 11.0 Å². The van der Waals surface area contributed by atoms with Crippen LogP contribution in [0.3, 0.4) is 0 Å². The molecule has 1 aliphatic rings. The molecule has 27 heavy (non-hydrogen) atoms. The Hall–Kier alpha value is -3.42. The van der Waals surface area contributed by atoms with Gasteiger partial charge in [0.05, 0.1) is 11.6 Å². The Bertz CT molecular complexity index is 898. The fraction of sp³-hybridized carbons (Fsp3) is 0.211. The fourth-order valence-corrected chi connectivity index (χ4v) is 2.97. The van der Waals surface area contributed by atoms with E-state index in [2.05, 4.69) is 10.6 Å². The number of rotatable bonds is 4. The summed E-state index contributed by atoms with van der Waals surface area (Å²) in [6, 6.07) is 10.3. The maximum absolute atomic E-state index is 14.1. The lowest BCUT2D eigenvalue weighted by molar-refractivity contribution is -0.122. The minimum absolute atomic E-state index is 0.0143. The molecule has 1 unspecified atom stereocenters. The van der Waals surface area contributed by atoms with Crippen molar-refractivity contribution in [1.82, 2.24) is 0 Å². The van der Waals surface area contributed by atoms with Gasteiger partial charge in [0.25, 0.3) is 0 Å². The van der Waals surface area contributed by atoms with Crippen LogP contribution in [0.5, 0.6) is 0 Å². The molecule has 1 atom stereocenters. The summed E-state index contributed by atoms with van der Waals surface area (Å²) in [5.41, 5.74) is 6.99. The number of anilines is 3. The third-order valence-corrected chi connectivity index (χ3v) is 4.31. The Kier molecular flexibility index (Phi) is 5.07. The summed E-state index contributed by atoms with van der Waals surface area (Å²) in [6.45, 7) is 1.88. The monoisotopic (exact) mass is 370 g/mol. The number of hydrogen-bond donors (Lipinski definition) is 3. The van der Waals surface area contributed by atoms with Crippen molar-refractivity contribution >= 4 is 34.9 Å². The van der Waals surface area contributed by atoms with Crippen molar-refractivity contribution in [2.24, 2.45) is 11.7 Å². The number of nitrogens with one attached hydrogen (secondary N) is 2. The third kappa shape index (κ3) is 4.22. The molecular formula is C19H19FN4O3. The Morgan fingerprint density at radius 1 is 1.11 bits per heavy atom. The van der Waals surface area contributed by atoms with E-state index in [1.807, 2.05) is 0 Å². The van der Waals surface area contributed by atoms with E-state index < -0.39 is 17.8 Å². The Morgan fingerprint density at radius 2 is 1.74 bits per heavy atom. The third-order valence-electron chi connectivity index (χ3n) is 4.31. The Balaban J connectivity index is 1.66. The quantitative estimate of drug-likeness (QED) is 0.770. The highest BCUT2D eigenvalue weighted by Gasteiger charge is 2.36. The molecule has 1 aliphatic heterocycles. The molecular weight excluding hydrogens is 351 g/mol. The van der Waals surface area contributed by atoms with Crippen molar-refractivity contribution in [2.75, 3.05) is 22.1 Å². The smallest absolute Gasteiger partial charge is 0.316 e. The van der Waals surface area contributed by atoms with E-state index in [4.69, 9.17) is 5.73 Å².